The van der Waals surface area contributed by atoms with Crippen molar-refractivity contribution in [3.8, 4) is 0 Å². The molecule has 1 amide bonds. The number of nitrogens with zero attached hydrogens (tertiary/aromatic N) is 3. The molecule has 162 valence electrons. The zero-order valence-corrected chi connectivity index (χ0v) is 17.5. The molecule has 1 fully saturated rings. The van der Waals surface area contributed by atoms with Gasteiger partial charge in [-0.3, -0.25) is 4.79 Å². The minimum absolute atomic E-state index is 0.0465. The third-order valence-corrected chi connectivity index (χ3v) is 5.68. The second kappa shape index (κ2) is 9.57. The molecule has 9 nitrogen and oxygen atoms in total. The zero-order valence-electron chi connectivity index (χ0n) is 17.5. The molecule has 1 atom stereocenters. The zero-order chi connectivity index (χ0) is 21.6. The van der Waals surface area contributed by atoms with E-state index >= 15 is 0 Å². The van der Waals surface area contributed by atoms with Crippen molar-refractivity contribution in [1.82, 2.24) is 25.6 Å². The van der Waals surface area contributed by atoms with E-state index in [0.29, 0.717) is 18.2 Å². The molecule has 4 N–H and O–H groups in total. The molecule has 1 unspecified atom stereocenters. The van der Waals surface area contributed by atoms with Crippen molar-refractivity contribution < 1.29 is 9.59 Å². The third-order valence-electron chi connectivity index (χ3n) is 5.68. The van der Waals surface area contributed by atoms with Crippen LogP contribution in [-0.4, -0.2) is 59.9 Å². The number of nitrogens with one attached hydrogen (secondary N) is 4. The van der Waals surface area contributed by atoms with Crippen molar-refractivity contribution in [2.45, 2.75) is 25.4 Å². The average Bonchev–Trinajstić information content (AvgIpc) is 3.45. The van der Waals surface area contributed by atoms with E-state index in [1.165, 1.54) is 12.8 Å². The molecular formula is C22H27N7O2. The Morgan fingerprint density at radius 2 is 2.19 bits per heavy atom. The Kier molecular flexibility index (Phi) is 6.42. The summed E-state index contributed by atoms with van der Waals surface area (Å²) in [4.78, 5) is 35.6. The number of piperidine rings is 1. The number of aromatic amines is 1. The Balaban J connectivity index is 0.000000152. The highest BCUT2D eigenvalue weighted by Crippen LogP contribution is 2.25. The summed E-state index contributed by atoms with van der Waals surface area (Å²) in [5, 5.41) is 10.2. The molecule has 0 spiro atoms. The predicted molar refractivity (Wildman–Crippen MR) is 120 cm³/mol. The number of benzene rings is 1. The fraction of sp³-hybridized carbons (Fsp3) is 0.364. The van der Waals surface area contributed by atoms with Crippen LogP contribution in [0.3, 0.4) is 0 Å². The summed E-state index contributed by atoms with van der Waals surface area (Å²) in [6.45, 7) is 2.91. The lowest BCUT2D eigenvalue weighted by Crippen LogP contribution is -2.44. The molecule has 3 aromatic rings. The first-order valence-electron chi connectivity index (χ1n) is 10.5. The summed E-state index contributed by atoms with van der Waals surface area (Å²) >= 11 is 0. The van der Waals surface area contributed by atoms with Crippen LogP contribution in [0.15, 0.2) is 36.8 Å². The van der Waals surface area contributed by atoms with Gasteiger partial charge < -0.3 is 30.6 Å². The number of amides is 1. The number of likely N-dealkylation sites (N-methyl/N-ethyl adjacent to an activating group) is 1. The van der Waals surface area contributed by atoms with Gasteiger partial charge in [-0.1, -0.05) is 6.07 Å². The monoisotopic (exact) mass is 421 g/mol. The summed E-state index contributed by atoms with van der Waals surface area (Å²) < 4.78 is 0. The molecule has 0 radical (unpaired) electrons. The summed E-state index contributed by atoms with van der Waals surface area (Å²) in [7, 11) is 2.03. The molecule has 0 saturated carbocycles. The van der Waals surface area contributed by atoms with E-state index in [0.717, 1.165) is 47.5 Å². The first-order chi connectivity index (χ1) is 15.2. The molecule has 1 saturated heterocycles. The van der Waals surface area contributed by atoms with Crippen molar-refractivity contribution in [1.29, 1.82) is 0 Å². The third kappa shape index (κ3) is 4.51. The van der Waals surface area contributed by atoms with Gasteiger partial charge in [-0.2, -0.15) is 0 Å². The number of hydrogen-bond donors (Lipinski definition) is 4. The highest BCUT2D eigenvalue weighted by Gasteiger charge is 2.22. The molecule has 1 aromatic carbocycles. The molecule has 0 aliphatic carbocycles. The van der Waals surface area contributed by atoms with E-state index in [4.69, 9.17) is 0 Å². The second-order valence-electron chi connectivity index (χ2n) is 7.57. The van der Waals surface area contributed by atoms with E-state index in [1.807, 2.05) is 25.4 Å². The Morgan fingerprint density at radius 1 is 1.29 bits per heavy atom. The van der Waals surface area contributed by atoms with Gasteiger partial charge in [0.25, 0.3) is 5.91 Å². The number of fused-ring (bicyclic) bond motifs is 2. The van der Waals surface area contributed by atoms with Crippen LogP contribution in [0.2, 0.25) is 0 Å². The Labute approximate surface area is 180 Å². The van der Waals surface area contributed by atoms with Gasteiger partial charge in [-0.15, -0.1) is 0 Å². The maximum absolute atomic E-state index is 11.3. The minimum atomic E-state index is -0.0465. The quantitative estimate of drug-likeness (QED) is 0.464. The van der Waals surface area contributed by atoms with E-state index < -0.39 is 0 Å². The first kappa shape index (κ1) is 20.8. The van der Waals surface area contributed by atoms with Gasteiger partial charge in [-0.05, 0) is 38.1 Å². The lowest BCUT2D eigenvalue weighted by atomic mass is 10.1. The van der Waals surface area contributed by atoms with Gasteiger partial charge in [0.2, 0.25) is 0 Å². The number of rotatable bonds is 5. The first-order valence-corrected chi connectivity index (χ1v) is 10.5. The Bertz CT molecular complexity index is 1060. The van der Waals surface area contributed by atoms with E-state index in [1.54, 1.807) is 18.5 Å². The smallest absolute Gasteiger partial charge is 0.251 e. The number of hydrogen-bond acceptors (Lipinski definition) is 7. The van der Waals surface area contributed by atoms with Crippen molar-refractivity contribution in [2.75, 3.05) is 36.9 Å². The second-order valence-corrected chi connectivity index (χ2v) is 7.57. The summed E-state index contributed by atoms with van der Waals surface area (Å²) in [5.41, 5.74) is 3.41. The molecule has 31 heavy (non-hydrogen) atoms. The van der Waals surface area contributed by atoms with Gasteiger partial charge in [0.1, 0.15) is 24.1 Å². The van der Waals surface area contributed by atoms with Crippen LogP contribution >= 0.6 is 0 Å². The molecule has 5 rings (SSSR count). The van der Waals surface area contributed by atoms with Crippen LogP contribution in [-0.2, 0) is 11.3 Å². The van der Waals surface area contributed by atoms with Crippen molar-refractivity contribution in [3.63, 3.8) is 0 Å². The van der Waals surface area contributed by atoms with Gasteiger partial charge >= 0.3 is 0 Å². The van der Waals surface area contributed by atoms with Crippen LogP contribution in [0.1, 0.15) is 28.8 Å². The van der Waals surface area contributed by atoms with Crippen molar-refractivity contribution in [3.05, 3.63) is 47.9 Å². The van der Waals surface area contributed by atoms with Gasteiger partial charge in [0.15, 0.2) is 0 Å². The number of H-pyrrole nitrogens is 1. The maximum Gasteiger partial charge on any atom is 0.251 e. The highest BCUT2D eigenvalue weighted by molar-refractivity contribution is 6.00. The number of carbonyl (C=O) groups excluding carboxylic acids is 2. The van der Waals surface area contributed by atoms with Crippen molar-refractivity contribution >= 4 is 34.7 Å². The molecule has 2 aliphatic heterocycles. The topological polar surface area (TPSA) is 115 Å². The van der Waals surface area contributed by atoms with E-state index in [-0.39, 0.29) is 12.5 Å². The largest absolute Gasteiger partial charge is 0.378 e. The SMILES string of the molecule is CNC1CCCN(c2ncnc3[nH]ccc23)C1.O=CCNc1cccc2c1CNC2=O. The highest BCUT2D eigenvalue weighted by atomic mass is 16.1. The Morgan fingerprint density at radius 3 is 3.03 bits per heavy atom. The van der Waals surface area contributed by atoms with E-state index in [9.17, 15) is 9.59 Å². The Hall–Kier alpha value is -3.46. The fourth-order valence-electron chi connectivity index (χ4n) is 4.09. The molecular weight excluding hydrogens is 394 g/mol. The molecule has 2 aliphatic rings. The van der Waals surface area contributed by atoms with Gasteiger partial charge in [-0.25, -0.2) is 9.97 Å². The number of carbonyl (C=O) groups is 2. The predicted octanol–water partition coefficient (Wildman–Crippen LogP) is 1.69. The summed E-state index contributed by atoms with van der Waals surface area (Å²) in [6, 6.07) is 8.06. The summed E-state index contributed by atoms with van der Waals surface area (Å²) in [5.74, 6) is 1.01. The van der Waals surface area contributed by atoms with E-state index in [2.05, 4.69) is 35.8 Å². The van der Waals surface area contributed by atoms with Crippen LogP contribution in [0.4, 0.5) is 11.5 Å². The molecule has 4 heterocycles. The standard InChI is InChI=1S/C12H17N5.C10H10N2O2/c1-13-9-3-2-6-17(7-9)12-10-4-5-14-11(10)15-8-16-12;13-5-4-11-9-3-1-2-7-8(9)6-12-10(7)14/h4-5,8-9,13H,2-3,6-7H2,1H3,(H,14,15,16);1-3,5,11H,4,6H2,(H,12,14). The average molecular weight is 422 g/mol. The normalized spacial score (nSPS) is 17.5. The van der Waals surface area contributed by atoms with Crippen LogP contribution in [0.25, 0.3) is 11.0 Å². The minimum Gasteiger partial charge on any atom is -0.378 e. The van der Waals surface area contributed by atoms with Crippen LogP contribution < -0.4 is 20.9 Å². The lowest BCUT2D eigenvalue weighted by Gasteiger charge is -2.33. The summed E-state index contributed by atoms with van der Waals surface area (Å²) in [6.07, 6.45) is 6.80. The number of aldehydes is 1. The van der Waals surface area contributed by atoms with Crippen LogP contribution in [0, 0.1) is 0 Å². The molecule has 0 bridgehead atoms. The van der Waals surface area contributed by atoms with Crippen molar-refractivity contribution in [2.24, 2.45) is 0 Å². The fourth-order valence-corrected chi connectivity index (χ4v) is 4.09. The number of aromatic nitrogens is 3. The van der Waals surface area contributed by atoms with Crippen LogP contribution in [0.5, 0.6) is 0 Å². The molecule has 2 aromatic heterocycles. The maximum atomic E-state index is 11.3. The van der Waals surface area contributed by atoms with Gasteiger partial charge in [0.05, 0.1) is 11.9 Å². The number of anilines is 2. The van der Waals surface area contributed by atoms with Gasteiger partial charge in [0, 0.05) is 48.7 Å². The molecule has 9 heteroatoms. The lowest BCUT2D eigenvalue weighted by molar-refractivity contribution is -0.106.